The summed E-state index contributed by atoms with van der Waals surface area (Å²) in [5, 5.41) is 8.55. The quantitative estimate of drug-likeness (QED) is 0.498. The second kappa shape index (κ2) is 3.20. The van der Waals surface area contributed by atoms with Crippen LogP contribution < -0.4 is 0 Å². The molecule has 0 spiro atoms. The summed E-state index contributed by atoms with van der Waals surface area (Å²) in [5.74, 6) is -0.731. The Labute approximate surface area is 44.6 Å². The molecule has 0 aromatic heterocycles. The second-order valence-electron chi connectivity index (χ2n) is 0.932. The Hall–Kier alpha value is 0.00247. The van der Waals surface area contributed by atoms with Gasteiger partial charge in [0.25, 0.3) is 0 Å². The third-order valence-electron chi connectivity index (χ3n) is 0.358. The van der Waals surface area contributed by atoms with E-state index in [9.17, 15) is 4.79 Å². The van der Waals surface area contributed by atoms with Gasteiger partial charge in [-0.3, -0.25) is 0 Å². The van der Waals surface area contributed by atoms with Crippen LogP contribution in [-0.4, -0.2) is 27.4 Å². The molecule has 0 unspecified atom stereocenters. The number of hydrogen-bond donors (Lipinski definition) is 1. The Balaban J connectivity index is 2.83. The van der Waals surface area contributed by atoms with Crippen LogP contribution in [0.5, 0.6) is 0 Å². The van der Waals surface area contributed by atoms with Crippen molar-refractivity contribution in [1.82, 2.24) is 0 Å². The first-order chi connectivity index (χ1) is 2.77. The average Bonchev–Trinajstić information content (AvgIpc) is 1.35. The van der Waals surface area contributed by atoms with Crippen molar-refractivity contribution in [2.75, 3.05) is 0 Å². The van der Waals surface area contributed by atoms with Crippen LogP contribution >= 0.6 is 0 Å². The molecule has 0 bridgehead atoms. The normalized spacial score (nSPS) is 8.33. The van der Waals surface area contributed by atoms with Gasteiger partial charge in [0.15, 0.2) is 0 Å². The number of aliphatic carboxylic acids is 1. The summed E-state index contributed by atoms with van der Waals surface area (Å²) in [6, 6.07) is 0. The van der Waals surface area contributed by atoms with E-state index in [1.165, 1.54) is 0 Å². The van der Waals surface area contributed by atoms with Gasteiger partial charge in [0, 0.05) is 0 Å². The predicted octanol–water partition coefficient (Wildman–Crippen LogP) is 0.0479. The van der Waals surface area contributed by atoms with Gasteiger partial charge in [0.05, 0.1) is 0 Å². The van der Waals surface area contributed by atoms with Crippen LogP contribution in [0.4, 0.5) is 0 Å². The topological polar surface area (TPSA) is 37.3 Å². The summed E-state index contributed by atoms with van der Waals surface area (Å²) < 4.78 is 0. The van der Waals surface area contributed by atoms with Gasteiger partial charge in [-0.25, -0.2) is 0 Å². The third-order valence-corrected chi connectivity index (χ3v) is 0.647. The molecule has 0 aliphatic carbocycles. The molecule has 6 heavy (non-hydrogen) atoms. The number of carboxylic acids is 1. The molecule has 0 saturated heterocycles. The third kappa shape index (κ3) is 4.00. The van der Waals surface area contributed by atoms with E-state index in [4.69, 9.17) is 5.11 Å². The van der Waals surface area contributed by atoms with Gasteiger partial charge >= 0.3 is 43.9 Å². The van der Waals surface area contributed by atoms with Crippen molar-refractivity contribution in [2.45, 2.75) is 11.7 Å². The van der Waals surface area contributed by atoms with Gasteiger partial charge in [-0.15, -0.1) is 0 Å². The maximum atomic E-state index is 9.59. The number of carbonyl (C=O) groups is 1. The van der Waals surface area contributed by atoms with E-state index in [1.807, 2.05) is 0 Å². The summed E-state index contributed by atoms with van der Waals surface area (Å²) in [4.78, 5) is 9.59. The van der Waals surface area contributed by atoms with Crippen molar-refractivity contribution >= 4 is 22.3 Å². The molecule has 3 heteroatoms. The van der Waals surface area contributed by atoms with Gasteiger partial charge < -0.3 is 0 Å². The van der Waals surface area contributed by atoms with Crippen LogP contribution in [0.15, 0.2) is 0 Å². The SMILES string of the molecule is O=C(O)C[CH2][Al+2]. The van der Waals surface area contributed by atoms with Crippen molar-refractivity contribution < 1.29 is 9.90 Å². The predicted molar refractivity (Wildman–Crippen MR) is 22.8 cm³/mol. The fourth-order valence-electron chi connectivity index (χ4n) is 0.123. The molecule has 0 aliphatic rings. The molecule has 1 N–H and O–H groups in total. The molecule has 0 rings (SSSR count). The van der Waals surface area contributed by atoms with Crippen molar-refractivity contribution in [3.8, 4) is 0 Å². The molecule has 0 amide bonds. The molecule has 30 valence electrons. The van der Waals surface area contributed by atoms with Crippen molar-refractivity contribution in [3.63, 3.8) is 0 Å². The maximum absolute atomic E-state index is 9.59. The van der Waals surface area contributed by atoms with Crippen LogP contribution in [0.25, 0.3) is 0 Å². The van der Waals surface area contributed by atoms with E-state index in [2.05, 4.69) is 16.3 Å². The Morgan fingerprint density at radius 2 is 2.33 bits per heavy atom. The molecule has 0 fully saturated rings. The molecule has 0 saturated carbocycles. The number of rotatable bonds is 2. The van der Waals surface area contributed by atoms with Gasteiger partial charge in [-0.2, -0.15) is 0 Å². The zero-order chi connectivity index (χ0) is 4.99. The van der Waals surface area contributed by atoms with Crippen LogP contribution in [0.2, 0.25) is 5.28 Å². The van der Waals surface area contributed by atoms with Crippen LogP contribution in [-0.2, 0) is 4.79 Å². The summed E-state index contributed by atoms with van der Waals surface area (Å²) in [7, 11) is 0. The molecular weight excluding hydrogens is 95.0 g/mol. The Morgan fingerprint density at radius 3 is 2.33 bits per heavy atom. The molecule has 0 aromatic rings. The molecule has 0 heterocycles. The van der Waals surface area contributed by atoms with Crippen molar-refractivity contribution in [2.24, 2.45) is 0 Å². The van der Waals surface area contributed by atoms with Crippen LogP contribution in [0.3, 0.4) is 0 Å². The first-order valence-corrected chi connectivity index (χ1v) is 2.51. The minimum absolute atomic E-state index is 0.255. The Bertz CT molecular complexity index is 52.8. The van der Waals surface area contributed by atoms with Crippen molar-refractivity contribution in [3.05, 3.63) is 0 Å². The summed E-state index contributed by atoms with van der Waals surface area (Å²) in [6.45, 7) is 0. The van der Waals surface area contributed by atoms with E-state index in [0.717, 1.165) is 0 Å². The second-order valence-corrected chi connectivity index (χ2v) is 1.51. The zero-order valence-electron chi connectivity index (χ0n) is 3.35. The zero-order valence-corrected chi connectivity index (χ0v) is 4.50. The van der Waals surface area contributed by atoms with Gasteiger partial charge in [-0.05, 0) is 0 Å². The molecule has 2 nitrogen and oxygen atoms in total. The minimum atomic E-state index is -0.731. The summed E-state index contributed by atoms with van der Waals surface area (Å²) in [6.07, 6.45) is 0.255. The van der Waals surface area contributed by atoms with Crippen molar-refractivity contribution in [1.29, 1.82) is 0 Å². The first-order valence-electron chi connectivity index (χ1n) is 1.69. The fraction of sp³-hybridized carbons (Fsp3) is 0.667. The summed E-state index contributed by atoms with van der Waals surface area (Å²) in [5.41, 5.74) is 0. The van der Waals surface area contributed by atoms with E-state index < -0.39 is 5.97 Å². The van der Waals surface area contributed by atoms with Crippen LogP contribution in [0.1, 0.15) is 6.42 Å². The number of carboxylic acid groups (broad SMARTS) is 1. The number of hydrogen-bond acceptors (Lipinski definition) is 1. The fourth-order valence-corrected chi connectivity index (χ4v) is 0.370. The Morgan fingerprint density at radius 1 is 1.83 bits per heavy atom. The van der Waals surface area contributed by atoms with E-state index >= 15 is 0 Å². The Kier molecular flexibility index (Phi) is 3.20. The molecule has 0 atom stereocenters. The molecular formula is C3H5AlO2+2. The van der Waals surface area contributed by atoms with Crippen LogP contribution in [0, 0.1) is 0 Å². The van der Waals surface area contributed by atoms with E-state index in [1.54, 1.807) is 0 Å². The first kappa shape index (κ1) is 6.00. The van der Waals surface area contributed by atoms with Gasteiger partial charge in [-0.1, -0.05) is 0 Å². The van der Waals surface area contributed by atoms with E-state index in [-0.39, 0.29) is 6.42 Å². The molecule has 0 aromatic carbocycles. The summed E-state index contributed by atoms with van der Waals surface area (Å²) >= 11 is 2.34. The molecule has 0 radical (unpaired) electrons. The van der Waals surface area contributed by atoms with Gasteiger partial charge in [0.1, 0.15) is 0 Å². The average molecular weight is 100 g/mol. The monoisotopic (exact) mass is 100 g/mol. The molecule has 0 aliphatic heterocycles. The van der Waals surface area contributed by atoms with E-state index in [0.29, 0.717) is 5.28 Å². The standard InChI is InChI=1S/C3H5O2.Al/c1-2-3(4)5;/h1-2H2,(H,4,5);/q;+2. The van der Waals surface area contributed by atoms with Gasteiger partial charge in [0.2, 0.25) is 0 Å².